The van der Waals surface area contributed by atoms with E-state index >= 15 is 0 Å². The third-order valence-corrected chi connectivity index (χ3v) is 9.87. The van der Waals surface area contributed by atoms with Crippen LogP contribution in [0, 0.1) is 0 Å². The van der Waals surface area contributed by atoms with Gasteiger partial charge in [-0.2, -0.15) is 0 Å². The normalized spacial score (nSPS) is 31.2. The van der Waals surface area contributed by atoms with E-state index in [1.165, 1.54) is 70.6 Å². The second kappa shape index (κ2) is 13.9. The number of hydrogen-bond donors (Lipinski definition) is 0. The van der Waals surface area contributed by atoms with E-state index in [4.69, 9.17) is 14.2 Å². The minimum atomic E-state index is -4.56. The van der Waals surface area contributed by atoms with Crippen molar-refractivity contribution < 1.29 is 56.7 Å². The van der Waals surface area contributed by atoms with Crippen LogP contribution < -0.4 is 29.6 Å². The van der Waals surface area contributed by atoms with E-state index < -0.39 is 26.3 Å². The van der Waals surface area contributed by atoms with Crippen LogP contribution in [-0.4, -0.2) is 48.9 Å². The summed E-state index contributed by atoms with van der Waals surface area (Å²) in [5, 5.41) is 0. The summed E-state index contributed by atoms with van der Waals surface area (Å²) in [7, 11) is -4.56. The average Bonchev–Trinajstić information content (AvgIpc) is 3.31. The largest absolute Gasteiger partial charge is 1.00 e. The zero-order valence-electron chi connectivity index (χ0n) is 21.2. The van der Waals surface area contributed by atoms with Crippen LogP contribution in [0.4, 0.5) is 0 Å². The molecule has 188 valence electrons. The fourth-order valence-electron chi connectivity index (χ4n) is 6.25. The molecule has 6 nitrogen and oxygen atoms in total. The zero-order chi connectivity index (χ0) is 23.0. The summed E-state index contributed by atoms with van der Waals surface area (Å²) in [4.78, 5) is 0. The predicted octanol–water partition coefficient (Wildman–Crippen LogP) is 2.84. The Labute approximate surface area is 224 Å². The maximum atomic E-state index is 12.6. The molecule has 0 aromatic carbocycles. The van der Waals surface area contributed by atoms with E-state index in [9.17, 15) is 13.0 Å². The first-order valence-corrected chi connectivity index (χ1v) is 14.7. The first kappa shape index (κ1) is 30.0. The number of fused-ring (bicyclic) bond motifs is 1. The van der Waals surface area contributed by atoms with Crippen molar-refractivity contribution in [1.82, 2.24) is 0 Å². The molecule has 3 fully saturated rings. The van der Waals surface area contributed by atoms with Gasteiger partial charge in [0, 0.05) is 19.4 Å². The van der Waals surface area contributed by atoms with Crippen LogP contribution in [0.1, 0.15) is 122 Å². The molecule has 33 heavy (non-hydrogen) atoms. The Morgan fingerprint density at radius 1 is 0.667 bits per heavy atom. The summed E-state index contributed by atoms with van der Waals surface area (Å²) in [5.41, 5.74) is -1.13. The molecular formula is C25H45NaO6S. The molecule has 0 aromatic heterocycles. The Bertz CT molecular complexity index is 664. The smallest absolute Gasteiger partial charge is 0.747 e. The summed E-state index contributed by atoms with van der Waals surface area (Å²) in [6.07, 6.45) is 19.0. The van der Waals surface area contributed by atoms with Crippen LogP contribution in [0.15, 0.2) is 0 Å². The second-order valence-electron chi connectivity index (χ2n) is 10.2. The van der Waals surface area contributed by atoms with Crippen molar-refractivity contribution in [2.75, 3.05) is 19.8 Å². The Morgan fingerprint density at radius 2 is 1.12 bits per heavy atom. The summed E-state index contributed by atoms with van der Waals surface area (Å²) in [5.74, 6) is -1.03. The topological polar surface area (TPSA) is 84.9 Å². The molecule has 0 radical (unpaired) electrons. The fraction of sp³-hybridized carbons (Fsp3) is 1.00. The first-order chi connectivity index (χ1) is 15.4. The van der Waals surface area contributed by atoms with Gasteiger partial charge in [0.15, 0.2) is 0 Å². The van der Waals surface area contributed by atoms with E-state index in [1.54, 1.807) is 0 Å². The maximum Gasteiger partial charge on any atom is 1.00 e. The molecule has 3 heterocycles. The predicted molar refractivity (Wildman–Crippen MR) is 125 cm³/mol. The van der Waals surface area contributed by atoms with Crippen molar-refractivity contribution in [3.63, 3.8) is 0 Å². The molecule has 3 rings (SSSR count). The van der Waals surface area contributed by atoms with Gasteiger partial charge in [-0.25, -0.2) is 8.42 Å². The third-order valence-electron chi connectivity index (χ3n) is 8.17. The van der Waals surface area contributed by atoms with Crippen LogP contribution in [0.25, 0.3) is 0 Å². The van der Waals surface area contributed by atoms with Crippen LogP contribution in [0.2, 0.25) is 0 Å². The molecule has 3 unspecified atom stereocenters. The summed E-state index contributed by atoms with van der Waals surface area (Å²) in [6.45, 7) is 3.46. The molecule has 8 heteroatoms. The van der Waals surface area contributed by atoms with Gasteiger partial charge in [-0.05, 0) is 12.8 Å². The Kier molecular flexibility index (Phi) is 12.7. The number of hydrogen-bond acceptors (Lipinski definition) is 6. The minimum absolute atomic E-state index is 0. The van der Waals surface area contributed by atoms with Gasteiger partial charge in [0.05, 0.1) is 18.0 Å². The van der Waals surface area contributed by atoms with E-state index in [0.29, 0.717) is 32.5 Å². The number of ether oxygens (including phenoxy) is 3. The molecule has 0 N–H and O–H groups in total. The second-order valence-corrected chi connectivity index (χ2v) is 11.9. The average molecular weight is 497 g/mol. The molecule has 0 aromatic rings. The molecule has 2 spiro atoms. The summed E-state index contributed by atoms with van der Waals surface area (Å²) >= 11 is 0. The molecule has 3 aliphatic rings. The van der Waals surface area contributed by atoms with Gasteiger partial charge in [-0.1, -0.05) is 96.8 Å². The van der Waals surface area contributed by atoms with Gasteiger partial charge in [0.1, 0.15) is 15.7 Å². The third kappa shape index (κ3) is 6.57. The van der Waals surface area contributed by atoms with Crippen LogP contribution in [0.3, 0.4) is 0 Å². The molecule has 0 amide bonds. The zero-order valence-corrected chi connectivity index (χ0v) is 24.0. The van der Waals surface area contributed by atoms with Gasteiger partial charge in [-0.3, -0.25) is 0 Å². The van der Waals surface area contributed by atoms with Gasteiger partial charge in [0.2, 0.25) is 5.79 Å². The van der Waals surface area contributed by atoms with Gasteiger partial charge < -0.3 is 18.8 Å². The van der Waals surface area contributed by atoms with E-state index in [-0.39, 0.29) is 42.6 Å². The van der Waals surface area contributed by atoms with Crippen molar-refractivity contribution >= 4 is 10.1 Å². The van der Waals surface area contributed by atoms with Crippen molar-refractivity contribution in [2.24, 2.45) is 0 Å². The van der Waals surface area contributed by atoms with Gasteiger partial charge in [-0.15, -0.1) is 0 Å². The van der Waals surface area contributed by atoms with Crippen LogP contribution in [0.5, 0.6) is 0 Å². The first-order valence-electron chi connectivity index (χ1n) is 13.3. The number of rotatable bonds is 16. The Hall–Kier alpha value is 0.790. The molecule has 0 saturated carbocycles. The van der Waals surface area contributed by atoms with E-state index in [0.717, 1.165) is 19.3 Å². The fourth-order valence-corrected chi connectivity index (χ4v) is 7.70. The van der Waals surface area contributed by atoms with E-state index in [2.05, 4.69) is 6.92 Å². The monoisotopic (exact) mass is 496 g/mol. The Balaban J connectivity index is 0.00000385. The SMILES string of the molecule is CCCCCCCCCCCCCCCCC1(S(=O)(=O)[O-])CCOC12CCOC21CCO1.[Na+]. The van der Waals surface area contributed by atoms with Gasteiger partial charge >= 0.3 is 29.6 Å². The van der Waals surface area contributed by atoms with Crippen LogP contribution >= 0.6 is 0 Å². The Morgan fingerprint density at radius 3 is 1.58 bits per heavy atom. The van der Waals surface area contributed by atoms with Crippen molar-refractivity contribution in [1.29, 1.82) is 0 Å². The molecule has 3 saturated heterocycles. The van der Waals surface area contributed by atoms with Crippen molar-refractivity contribution in [3.05, 3.63) is 0 Å². The molecular weight excluding hydrogens is 451 g/mol. The maximum absolute atomic E-state index is 12.6. The minimum Gasteiger partial charge on any atom is -0.747 e. The van der Waals surface area contributed by atoms with Crippen LogP contribution in [-0.2, 0) is 24.3 Å². The van der Waals surface area contributed by atoms with Crippen molar-refractivity contribution in [3.8, 4) is 0 Å². The molecule has 3 aliphatic heterocycles. The standard InChI is InChI=1S/C25H46O6S.Na/c1-2-3-4-5-6-7-8-9-10-11-12-13-14-15-16-23(32(26,27)28)17-20-29-24(23)18-21-30-25(24)19-22-31-25;/h2-22H2,1H3,(H,26,27,28);/q;+1/p-1. The number of unbranched alkanes of at least 4 members (excludes halogenated alkanes) is 13. The van der Waals surface area contributed by atoms with Crippen molar-refractivity contribution in [2.45, 2.75) is 139 Å². The quantitative estimate of drug-likeness (QED) is 0.186. The summed E-state index contributed by atoms with van der Waals surface area (Å²) < 4.78 is 53.9. The molecule has 0 aliphatic carbocycles. The van der Waals surface area contributed by atoms with E-state index in [1.807, 2.05) is 0 Å². The summed E-state index contributed by atoms with van der Waals surface area (Å²) in [6, 6.07) is 0. The van der Waals surface area contributed by atoms with Gasteiger partial charge in [0.25, 0.3) is 0 Å². The molecule has 3 atom stereocenters. The molecule has 0 bridgehead atoms.